The van der Waals surface area contributed by atoms with Crippen LogP contribution in [-0.2, 0) is 22.7 Å². The minimum Gasteiger partial charge on any atom is -0.494 e. The van der Waals surface area contributed by atoms with Gasteiger partial charge in [-0.1, -0.05) is 45.9 Å². The predicted octanol–water partition coefficient (Wildman–Crippen LogP) is 9.76. The number of rotatable bonds is 12. The predicted molar refractivity (Wildman–Crippen MR) is 158 cm³/mol. The second-order valence-corrected chi connectivity index (χ2v) is 15.5. The highest BCUT2D eigenvalue weighted by molar-refractivity contribution is 7.98. The lowest BCUT2D eigenvalue weighted by atomic mass is 10.1. The average Bonchev–Trinajstić information content (AvgIpc) is 2.91. The molecule has 42 heavy (non-hydrogen) atoms. The van der Waals surface area contributed by atoms with Gasteiger partial charge in [-0.15, -0.1) is 11.8 Å². The third-order valence-electron chi connectivity index (χ3n) is 6.82. The summed E-state index contributed by atoms with van der Waals surface area (Å²) in [4.78, 5) is 3.73. The van der Waals surface area contributed by atoms with Crippen LogP contribution in [0.4, 0.5) is 43.5 Å². The van der Waals surface area contributed by atoms with Gasteiger partial charge in [-0.3, -0.25) is 0 Å². The summed E-state index contributed by atoms with van der Waals surface area (Å²) in [5.74, 6) is 0.389. The van der Waals surface area contributed by atoms with Crippen molar-refractivity contribution in [2.75, 3.05) is 30.5 Å². The molecule has 5 nitrogen and oxygen atoms in total. The molecule has 0 aliphatic heterocycles. The second-order valence-electron chi connectivity index (χ2n) is 10.3. The molecule has 0 bridgehead atoms. The van der Waals surface area contributed by atoms with E-state index in [9.17, 15) is 30.9 Å². The van der Waals surface area contributed by atoms with Crippen LogP contribution in [0.2, 0.25) is 0 Å². The van der Waals surface area contributed by atoms with E-state index >= 15 is 0 Å². The molecule has 0 radical (unpaired) electrons. The quantitative estimate of drug-likeness (QED) is 0.118. The van der Waals surface area contributed by atoms with E-state index in [1.54, 1.807) is 18.2 Å². The number of hydrogen-bond acceptors (Lipinski definition) is 6. The molecule has 13 heteroatoms. The number of benzene rings is 2. The molecule has 3 aromatic rings. The van der Waals surface area contributed by atoms with Gasteiger partial charge in [0, 0.05) is 52.6 Å². The van der Waals surface area contributed by atoms with Gasteiger partial charge in [-0.05, 0) is 29.8 Å². The summed E-state index contributed by atoms with van der Waals surface area (Å²) in [7, 11) is -0.926. The lowest BCUT2D eigenvalue weighted by Crippen LogP contribution is -2.17. The fourth-order valence-corrected chi connectivity index (χ4v) is 8.07. The first-order chi connectivity index (χ1) is 19.5. The zero-order chi connectivity index (χ0) is 31.3. The number of halogens is 6. The summed E-state index contributed by atoms with van der Waals surface area (Å²) < 4.78 is 99.1. The summed E-state index contributed by atoms with van der Waals surface area (Å²) in [6, 6.07) is 10.8. The van der Waals surface area contributed by atoms with Crippen LogP contribution in [0.5, 0.6) is 5.75 Å². The highest BCUT2D eigenvalue weighted by Crippen LogP contribution is 2.54. The van der Waals surface area contributed by atoms with E-state index in [4.69, 9.17) is 4.74 Å². The number of ether oxygens (including phenoxy) is 1. The fraction of sp³-hybridized carbons (Fsp3) is 0.414. The molecule has 230 valence electrons. The van der Waals surface area contributed by atoms with Gasteiger partial charge in [0.1, 0.15) is 11.6 Å². The maximum absolute atomic E-state index is 13.7. The molecule has 0 fully saturated rings. The van der Waals surface area contributed by atoms with Gasteiger partial charge in [0.25, 0.3) is 0 Å². The first-order valence-corrected chi connectivity index (χ1v) is 16.2. The Bertz CT molecular complexity index is 1400. The summed E-state index contributed by atoms with van der Waals surface area (Å²) in [5.41, 5.74) is -0.315. The molecule has 1 heterocycles. The molecule has 1 aromatic heterocycles. The van der Waals surface area contributed by atoms with Gasteiger partial charge >= 0.3 is 12.4 Å². The molecule has 0 spiro atoms. The van der Waals surface area contributed by atoms with Crippen LogP contribution in [0, 0.1) is 0 Å². The van der Waals surface area contributed by atoms with E-state index in [2.05, 4.69) is 15.6 Å². The number of hydrogen-bond donors (Lipinski definition) is 2. The SMILES string of the molecule is COc1cc(NCCP(=O)(C(C)C)C(C)C)ccc1Nc1cc(SCc2cccc(C(F)(F)F)c2)c(C(F)(F)F)cn1. The second kappa shape index (κ2) is 13.6. The Kier molecular flexibility index (Phi) is 10.9. The van der Waals surface area contributed by atoms with E-state index in [0.29, 0.717) is 36.0 Å². The van der Waals surface area contributed by atoms with Crippen LogP contribution < -0.4 is 15.4 Å². The lowest BCUT2D eigenvalue weighted by molar-refractivity contribution is -0.140. The molecular weight excluding hydrogens is 599 g/mol. The number of aromatic nitrogens is 1. The Morgan fingerprint density at radius 2 is 1.64 bits per heavy atom. The number of thioether (sulfide) groups is 1. The van der Waals surface area contributed by atoms with Crippen molar-refractivity contribution in [2.45, 2.75) is 62.0 Å². The number of nitrogens with one attached hydrogen (secondary N) is 2. The molecular formula is C29H34F6N3O2PS. The lowest BCUT2D eigenvalue weighted by Gasteiger charge is -2.26. The van der Waals surface area contributed by atoms with Gasteiger partial charge in [-0.25, -0.2) is 4.98 Å². The summed E-state index contributed by atoms with van der Waals surface area (Å²) >= 11 is 0.767. The van der Waals surface area contributed by atoms with Crippen LogP contribution in [0.15, 0.2) is 59.6 Å². The maximum atomic E-state index is 13.7. The third kappa shape index (κ3) is 8.60. The minimum absolute atomic E-state index is 0.0738. The van der Waals surface area contributed by atoms with E-state index in [-0.39, 0.29) is 33.3 Å². The minimum atomic E-state index is -4.71. The van der Waals surface area contributed by atoms with Gasteiger partial charge < -0.3 is 19.9 Å². The van der Waals surface area contributed by atoms with Crippen molar-refractivity contribution in [3.63, 3.8) is 0 Å². The molecule has 0 aliphatic carbocycles. The summed E-state index contributed by atoms with van der Waals surface area (Å²) in [6.45, 7) is 8.36. The fourth-order valence-electron chi connectivity index (χ4n) is 4.37. The molecule has 0 unspecified atom stereocenters. The van der Waals surface area contributed by atoms with Crippen LogP contribution in [0.25, 0.3) is 0 Å². The standard InChI is InChI=1S/C29H34F6N3O2PS/c1-18(2)41(39,19(3)4)12-11-36-22-9-10-24(25(14-22)40-5)38-27-15-26(23(16-37-27)29(33,34)35)42-17-20-7-6-8-21(13-20)28(30,31)32/h6-10,13-16,18-19,36H,11-12,17H2,1-5H3,(H,37,38). The zero-order valence-electron chi connectivity index (χ0n) is 23.9. The van der Waals surface area contributed by atoms with E-state index in [1.807, 2.05) is 27.7 Å². The molecule has 2 aromatic carbocycles. The van der Waals surface area contributed by atoms with Gasteiger partial charge in [0.15, 0.2) is 0 Å². The molecule has 3 rings (SSSR count). The van der Waals surface area contributed by atoms with Crippen LogP contribution in [0.3, 0.4) is 0 Å². The highest BCUT2D eigenvalue weighted by atomic mass is 32.2. The third-order valence-corrected chi connectivity index (χ3v) is 12.4. The first-order valence-electron chi connectivity index (χ1n) is 13.2. The Morgan fingerprint density at radius 1 is 0.952 bits per heavy atom. The van der Waals surface area contributed by atoms with E-state index in [0.717, 1.165) is 23.9 Å². The van der Waals surface area contributed by atoms with Gasteiger partial charge in [0.2, 0.25) is 0 Å². The van der Waals surface area contributed by atoms with Crippen molar-refractivity contribution < 1.29 is 35.6 Å². The maximum Gasteiger partial charge on any atom is 0.418 e. The zero-order valence-corrected chi connectivity index (χ0v) is 25.6. The Balaban J connectivity index is 1.79. The van der Waals surface area contributed by atoms with Crippen LogP contribution in [-0.4, -0.2) is 36.1 Å². The Morgan fingerprint density at radius 3 is 2.24 bits per heavy atom. The number of pyridine rings is 1. The summed E-state index contributed by atoms with van der Waals surface area (Å²) in [5, 5.41) is 6.23. The van der Waals surface area contributed by atoms with Crippen molar-refractivity contribution >= 4 is 36.1 Å². The molecule has 0 saturated heterocycles. The van der Waals surface area contributed by atoms with Crippen molar-refractivity contribution in [3.05, 3.63) is 71.4 Å². The molecule has 0 atom stereocenters. The Hall–Kier alpha value is -2.85. The normalized spacial score (nSPS) is 12.6. The van der Waals surface area contributed by atoms with Gasteiger partial charge in [-0.2, -0.15) is 26.3 Å². The van der Waals surface area contributed by atoms with Crippen molar-refractivity contribution in [1.82, 2.24) is 4.98 Å². The first kappa shape index (κ1) is 33.6. The molecule has 2 N–H and O–H groups in total. The largest absolute Gasteiger partial charge is 0.494 e. The van der Waals surface area contributed by atoms with Gasteiger partial charge in [0.05, 0.1) is 31.1 Å². The summed E-state index contributed by atoms with van der Waals surface area (Å²) in [6.07, 6.45) is -8.04. The van der Waals surface area contributed by atoms with E-state index < -0.39 is 30.6 Å². The van der Waals surface area contributed by atoms with Crippen LogP contribution >= 0.6 is 18.9 Å². The van der Waals surface area contributed by atoms with Crippen molar-refractivity contribution in [1.29, 1.82) is 0 Å². The van der Waals surface area contributed by atoms with Crippen LogP contribution in [0.1, 0.15) is 44.4 Å². The topological polar surface area (TPSA) is 63.2 Å². The van der Waals surface area contributed by atoms with Crippen molar-refractivity contribution in [3.8, 4) is 5.75 Å². The monoisotopic (exact) mass is 633 g/mol. The number of alkyl halides is 6. The number of nitrogens with zero attached hydrogens (tertiary/aromatic N) is 1. The highest BCUT2D eigenvalue weighted by Gasteiger charge is 2.35. The molecule has 0 saturated carbocycles. The molecule has 0 aliphatic rings. The smallest absolute Gasteiger partial charge is 0.418 e. The number of methoxy groups -OCH3 is 1. The van der Waals surface area contributed by atoms with Crippen molar-refractivity contribution in [2.24, 2.45) is 0 Å². The molecule has 0 amide bonds. The average molecular weight is 634 g/mol. The van der Waals surface area contributed by atoms with E-state index in [1.165, 1.54) is 25.3 Å². The number of anilines is 3. The Labute approximate surface area is 246 Å².